The Kier molecular flexibility index (Phi) is 3.14. The highest BCUT2D eigenvalue weighted by Crippen LogP contribution is 2.49. The molecule has 0 unspecified atom stereocenters. The number of hydrogen-bond acceptors (Lipinski definition) is 2. The Bertz CT molecular complexity index is 2060. The lowest BCUT2D eigenvalue weighted by atomic mass is 9.94. The van der Waals surface area contributed by atoms with Gasteiger partial charge in [-0.2, -0.15) is 0 Å². The molecule has 35 heavy (non-hydrogen) atoms. The number of fused-ring (bicyclic) bond motifs is 16. The van der Waals surface area contributed by atoms with Crippen LogP contribution in [0.1, 0.15) is 22.3 Å². The van der Waals surface area contributed by atoms with Gasteiger partial charge in [0.25, 0.3) is 0 Å². The Balaban J connectivity index is 1.45. The van der Waals surface area contributed by atoms with Crippen molar-refractivity contribution in [2.24, 2.45) is 0 Å². The quantitative estimate of drug-likeness (QED) is 0.229. The molecule has 0 atom stereocenters. The van der Waals surface area contributed by atoms with Gasteiger partial charge in [0, 0.05) is 23.2 Å². The number of hydrogen-bond donors (Lipinski definition) is 0. The van der Waals surface area contributed by atoms with E-state index in [1.807, 2.05) is 12.4 Å². The van der Waals surface area contributed by atoms with E-state index in [2.05, 4.69) is 88.2 Å². The summed E-state index contributed by atoms with van der Waals surface area (Å²) >= 11 is 0. The van der Waals surface area contributed by atoms with Crippen molar-refractivity contribution in [1.29, 1.82) is 0 Å². The van der Waals surface area contributed by atoms with Crippen LogP contribution >= 0.6 is 0 Å². The van der Waals surface area contributed by atoms with Crippen LogP contribution in [-0.2, 0) is 12.8 Å². The van der Waals surface area contributed by atoms with Gasteiger partial charge >= 0.3 is 0 Å². The molecular formula is C32H19N3. The Morgan fingerprint density at radius 1 is 0.629 bits per heavy atom. The van der Waals surface area contributed by atoms with Crippen LogP contribution in [0.2, 0.25) is 0 Å². The lowest BCUT2D eigenvalue weighted by molar-refractivity contribution is 1.16. The zero-order chi connectivity index (χ0) is 22.7. The Morgan fingerprint density at radius 2 is 1.46 bits per heavy atom. The zero-order valence-electron chi connectivity index (χ0n) is 18.9. The molecule has 0 saturated heterocycles. The average molecular weight is 446 g/mol. The predicted octanol–water partition coefficient (Wildman–Crippen LogP) is 7.33. The Hall–Kier alpha value is -4.50. The lowest BCUT2D eigenvalue weighted by Gasteiger charge is -2.13. The third kappa shape index (κ3) is 2.12. The number of pyridine rings is 2. The fourth-order valence-electron chi connectivity index (χ4n) is 6.69. The van der Waals surface area contributed by atoms with Gasteiger partial charge in [0.2, 0.25) is 0 Å². The van der Waals surface area contributed by atoms with Crippen molar-refractivity contribution in [1.82, 2.24) is 14.4 Å². The molecular weight excluding hydrogens is 426 g/mol. The van der Waals surface area contributed by atoms with E-state index in [1.165, 1.54) is 60.7 Å². The molecule has 0 N–H and O–H groups in total. The average Bonchev–Trinajstić information content (AvgIpc) is 3.59. The second-order valence-corrected chi connectivity index (χ2v) is 9.80. The molecule has 162 valence electrons. The number of imidazole rings is 1. The molecule has 0 aliphatic heterocycles. The standard InChI is InChI=1S/C32H19N3/c1-2-6-20-18(5-1)15-24-21(20)11-12-22-25(24)16-19-9-10-23-26-17-33-14-13-28(26)35-29-8-4-3-7-27(29)34-32(35)31(23)30(19)22/h1-14,17H,15-16H2. The number of nitrogens with zero attached hydrogens (tertiary/aromatic N) is 3. The summed E-state index contributed by atoms with van der Waals surface area (Å²) < 4.78 is 2.33. The van der Waals surface area contributed by atoms with Crippen LogP contribution in [-0.4, -0.2) is 14.4 Å². The zero-order valence-corrected chi connectivity index (χ0v) is 18.9. The van der Waals surface area contributed by atoms with E-state index in [-0.39, 0.29) is 0 Å². The first-order valence-corrected chi connectivity index (χ1v) is 12.2. The van der Waals surface area contributed by atoms with Crippen molar-refractivity contribution in [3.8, 4) is 22.3 Å². The summed E-state index contributed by atoms with van der Waals surface area (Å²) in [4.78, 5) is 9.70. The SMILES string of the molecule is c1ccc2c(c1)Cc1c-2ccc2c1Cc1ccc3c4cnccc4n4c5ccccc5nc4c3c1-2. The highest BCUT2D eigenvalue weighted by Gasteiger charge is 2.30. The van der Waals surface area contributed by atoms with Crippen LogP contribution in [0.25, 0.3) is 60.6 Å². The molecule has 3 heteroatoms. The van der Waals surface area contributed by atoms with Gasteiger partial charge in [-0.05, 0) is 80.9 Å². The summed E-state index contributed by atoms with van der Waals surface area (Å²) in [6, 6.07) is 28.7. The van der Waals surface area contributed by atoms with Crippen LogP contribution < -0.4 is 0 Å². The van der Waals surface area contributed by atoms with Gasteiger partial charge in [0.05, 0.1) is 16.6 Å². The lowest BCUT2D eigenvalue weighted by Crippen LogP contribution is -1.94. The number of rotatable bonds is 0. The molecule has 0 bridgehead atoms. The van der Waals surface area contributed by atoms with Gasteiger partial charge in [-0.3, -0.25) is 9.38 Å². The highest BCUT2D eigenvalue weighted by molar-refractivity contribution is 6.19. The number of benzene rings is 4. The van der Waals surface area contributed by atoms with Crippen LogP contribution in [0.5, 0.6) is 0 Å². The molecule has 0 saturated carbocycles. The van der Waals surface area contributed by atoms with E-state index in [9.17, 15) is 0 Å². The van der Waals surface area contributed by atoms with E-state index in [1.54, 1.807) is 0 Å². The molecule has 0 radical (unpaired) electrons. The van der Waals surface area contributed by atoms with Gasteiger partial charge in [0.1, 0.15) is 5.65 Å². The van der Waals surface area contributed by atoms with E-state index in [0.29, 0.717) is 0 Å². The second-order valence-electron chi connectivity index (χ2n) is 9.80. The first-order valence-electron chi connectivity index (χ1n) is 12.2. The molecule has 3 nitrogen and oxygen atoms in total. The maximum Gasteiger partial charge on any atom is 0.147 e. The molecule has 2 aliphatic carbocycles. The van der Waals surface area contributed by atoms with Crippen LogP contribution in [0.4, 0.5) is 0 Å². The summed E-state index contributed by atoms with van der Waals surface area (Å²) in [6.07, 6.45) is 5.89. The van der Waals surface area contributed by atoms with Gasteiger partial charge < -0.3 is 0 Å². The van der Waals surface area contributed by atoms with Gasteiger partial charge in [0.15, 0.2) is 0 Å². The summed E-state index contributed by atoms with van der Waals surface area (Å²) in [5, 5.41) is 3.64. The molecule has 0 spiro atoms. The van der Waals surface area contributed by atoms with Crippen molar-refractivity contribution in [3.05, 3.63) is 114 Å². The minimum atomic E-state index is 0.981. The topological polar surface area (TPSA) is 30.2 Å². The maximum atomic E-state index is 5.19. The molecule has 9 rings (SSSR count). The summed E-state index contributed by atoms with van der Waals surface area (Å²) in [6.45, 7) is 0. The van der Waals surface area contributed by atoms with Crippen LogP contribution in [0.15, 0.2) is 91.3 Å². The number of para-hydroxylation sites is 2. The van der Waals surface area contributed by atoms with E-state index < -0.39 is 0 Å². The van der Waals surface area contributed by atoms with E-state index in [4.69, 9.17) is 4.98 Å². The third-order valence-corrected chi connectivity index (χ3v) is 8.15. The first kappa shape index (κ1) is 17.9. The third-order valence-electron chi connectivity index (χ3n) is 8.15. The molecule has 0 fully saturated rings. The van der Waals surface area contributed by atoms with Crippen molar-refractivity contribution < 1.29 is 0 Å². The van der Waals surface area contributed by atoms with Crippen molar-refractivity contribution >= 4 is 38.4 Å². The smallest absolute Gasteiger partial charge is 0.147 e. The first-order chi connectivity index (χ1) is 17.4. The molecule has 4 aromatic carbocycles. The summed E-state index contributed by atoms with van der Waals surface area (Å²) in [5.41, 5.74) is 15.7. The summed E-state index contributed by atoms with van der Waals surface area (Å²) in [7, 11) is 0. The highest BCUT2D eigenvalue weighted by atomic mass is 15.0. The van der Waals surface area contributed by atoms with Crippen molar-refractivity contribution in [2.75, 3.05) is 0 Å². The normalized spacial score (nSPS) is 13.5. The molecule has 7 aromatic rings. The number of aromatic nitrogens is 3. The minimum Gasteiger partial charge on any atom is -0.292 e. The molecule has 3 heterocycles. The molecule has 0 amide bonds. The fourth-order valence-corrected chi connectivity index (χ4v) is 6.69. The molecule has 3 aromatic heterocycles. The minimum absolute atomic E-state index is 0.981. The fraction of sp³-hybridized carbons (Fsp3) is 0.0625. The van der Waals surface area contributed by atoms with E-state index >= 15 is 0 Å². The van der Waals surface area contributed by atoms with Crippen LogP contribution in [0, 0.1) is 0 Å². The second kappa shape index (κ2) is 6.13. The molecule has 2 aliphatic rings. The van der Waals surface area contributed by atoms with Gasteiger partial charge in [-0.1, -0.05) is 60.7 Å². The maximum absolute atomic E-state index is 5.19. The van der Waals surface area contributed by atoms with Crippen LogP contribution in [0.3, 0.4) is 0 Å². The summed E-state index contributed by atoms with van der Waals surface area (Å²) in [5.74, 6) is 0. The van der Waals surface area contributed by atoms with Crippen molar-refractivity contribution in [3.63, 3.8) is 0 Å². The Labute approximate surface area is 201 Å². The van der Waals surface area contributed by atoms with Crippen molar-refractivity contribution in [2.45, 2.75) is 12.8 Å². The van der Waals surface area contributed by atoms with Gasteiger partial charge in [-0.15, -0.1) is 0 Å². The van der Waals surface area contributed by atoms with E-state index in [0.717, 1.165) is 35.0 Å². The largest absolute Gasteiger partial charge is 0.292 e. The predicted molar refractivity (Wildman–Crippen MR) is 142 cm³/mol. The Morgan fingerprint density at radius 3 is 2.46 bits per heavy atom. The van der Waals surface area contributed by atoms with Gasteiger partial charge in [-0.25, -0.2) is 4.98 Å². The monoisotopic (exact) mass is 445 g/mol.